The molecule has 2 heterocycles. The van der Waals surface area contributed by atoms with Crippen molar-refractivity contribution in [3.05, 3.63) is 0 Å². The molecule has 0 aromatic carbocycles. The lowest BCUT2D eigenvalue weighted by Gasteiger charge is -2.35. The van der Waals surface area contributed by atoms with Gasteiger partial charge in [-0.25, -0.2) is 4.79 Å². The van der Waals surface area contributed by atoms with Crippen molar-refractivity contribution in [2.75, 3.05) is 19.8 Å². The SMILES string of the molecule is NC[C@@]1(C2CCOCC2)NC(=O)NC1=O. The van der Waals surface area contributed by atoms with Gasteiger partial charge in [-0.05, 0) is 18.8 Å². The van der Waals surface area contributed by atoms with Gasteiger partial charge in [0.05, 0.1) is 0 Å². The van der Waals surface area contributed by atoms with Gasteiger partial charge in [0.25, 0.3) is 5.91 Å². The molecule has 2 fully saturated rings. The van der Waals surface area contributed by atoms with E-state index in [2.05, 4.69) is 10.6 Å². The quantitative estimate of drug-likeness (QED) is 0.510. The predicted molar refractivity (Wildman–Crippen MR) is 52.0 cm³/mol. The largest absolute Gasteiger partial charge is 0.381 e. The first-order valence-electron chi connectivity index (χ1n) is 5.10. The van der Waals surface area contributed by atoms with Gasteiger partial charge in [-0.15, -0.1) is 0 Å². The molecule has 0 bridgehead atoms. The van der Waals surface area contributed by atoms with Gasteiger partial charge in [-0.2, -0.15) is 0 Å². The fraction of sp³-hybridized carbons (Fsp3) is 0.778. The highest BCUT2D eigenvalue weighted by Crippen LogP contribution is 2.29. The summed E-state index contributed by atoms with van der Waals surface area (Å²) in [5.74, 6) is -0.232. The summed E-state index contributed by atoms with van der Waals surface area (Å²) < 4.78 is 5.23. The van der Waals surface area contributed by atoms with Gasteiger partial charge in [0.1, 0.15) is 5.54 Å². The van der Waals surface area contributed by atoms with E-state index < -0.39 is 11.6 Å². The summed E-state index contributed by atoms with van der Waals surface area (Å²) in [5.41, 5.74) is 4.72. The predicted octanol–water partition coefficient (Wildman–Crippen LogP) is -1.05. The maximum atomic E-state index is 11.7. The van der Waals surface area contributed by atoms with Crippen LogP contribution >= 0.6 is 0 Å². The van der Waals surface area contributed by atoms with E-state index in [0.717, 1.165) is 12.8 Å². The Hall–Kier alpha value is -1.14. The van der Waals surface area contributed by atoms with E-state index in [1.807, 2.05) is 0 Å². The average molecular weight is 213 g/mol. The van der Waals surface area contributed by atoms with Crippen LogP contribution in [0.15, 0.2) is 0 Å². The van der Waals surface area contributed by atoms with Crippen LogP contribution in [-0.4, -0.2) is 37.2 Å². The molecule has 6 heteroatoms. The monoisotopic (exact) mass is 213 g/mol. The molecular weight excluding hydrogens is 198 g/mol. The van der Waals surface area contributed by atoms with Crippen molar-refractivity contribution in [1.29, 1.82) is 0 Å². The van der Waals surface area contributed by atoms with Gasteiger partial charge in [0.2, 0.25) is 0 Å². The van der Waals surface area contributed by atoms with E-state index in [9.17, 15) is 9.59 Å². The number of nitrogens with one attached hydrogen (secondary N) is 2. The number of carbonyl (C=O) groups is 2. The molecule has 2 saturated heterocycles. The minimum atomic E-state index is -0.916. The first kappa shape index (κ1) is 10.4. The lowest BCUT2D eigenvalue weighted by atomic mass is 9.79. The van der Waals surface area contributed by atoms with E-state index in [-0.39, 0.29) is 18.4 Å². The van der Waals surface area contributed by atoms with Crippen LogP contribution in [0.5, 0.6) is 0 Å². The lowest BCUT2D eigenvalue weighted by molar-refractivity contribution is -0.126. The molecule has 0 radical (unpaired) electrons. The molecule has 0 unspecified atom stereocenters. The molecule has 2 aliphatic heterocycles. The Morgan fingerprint density at radius 2 is 2.07 bits per heavy atom. The molecular formula is C9H15N3O3. The molecule has 3 amide bonds. The molecule has 0 spiro atoms. The summed E-state index contributed by atoms with van der Waals surface area (Å²) in [7, 11) is 0. The van der Waals surface area contributed by atoms with E-state index in [0.29, 0.717) is 13.2 Å². The summed E-state index contributed by atoms with van der Waals surface area (Å²) >= 11 is 0. The third kappa shape index (κ3) is 1.59. The second-order valence-corrected chi connectivity index (χ2v) is 3.97. The molecule has 6 nitrogen and oxygen atoms in total. The van der Waals surface area contributed by atoms with E-state index in [4.69, 9.17) is 10.5 Å². The van der Waals surface area contributed by atoms with Gasteiger partial charge in [0.15, 0.2) is 0 Å². The van der Waals surface area contributed by atoms with E-state index in [1.165, 1.54) is 0 Å². The molecule has 2 aliphatic rings. The number of nitrogens with two attached hydrogens (primary N) is 1. The highest BCUT2D eigenvalue weighted by Gasteiger charge is 2.50. The van der Waals surface area contributed by atoms with E-state index in [1.54, 1.807) is 0 Å². The number of hydrogen-bond acceptors (Lipinski definition) is 4. The zero-order valence-electron chi connectivity index (χ0n) is 8.41. The molecule has 2 rings (SSSR count). The third-order valence-electron chi connectivity index (χ3n) is 3.21. The molecule has 0 saturated carbocycles. The van der Waals surface area contributed by atoms with Crippen LogP contribution in [0.2, 0.25) is 0 Å². The maximum absolute atomic E-state index is 11.7. The van der Waals surface area contributed by atoms with Crippen molar-refractivity contribution < 1.29 is 14.3 Å². The van der Waals surface area contributed by atoms with Gasteiger partial charge in [-0.3, -0.25) is 10.1 Å². The highest BCUT2D eigenvalue weighted by molar-refractivity contribution is 6.07. The second-order valence-electron chi connectivity index (χ2n) is 3.97. The van der Waals surface area contributed by atoms with Crippen LogP contribution in [0.4, 0.5) is 4.79 Å². The molecule has 4 N–H and O–H groups in total. The van der Waals surface area contributed by atoms with Crippen LogP contribution in [0.1, 0.15) is 12.8 Å². The second kappa shape index (κ2) is 3.79. The van der Waals surface area contributed by atoms with Crippen molar-refractivity contribution in [2.24, 2.45) is 11.7 Å². The fourth-order valence-corrected chi connectivity index (χ4v) is 2.29. The summed E-state index contributed by atoms with van der Waals surface area (Å²) in [5, 5.41) is 4.90. The highest BCUT2D eigenvalue weighted by atomic mass is 16.5. The number of carbonyl (C=O) groups excluding carboxylic acids is 2. The van der Waals surface area contributed by atoms with Crippen LogP contribution < -0.4 is 16.4 Å². The summed E-state index contributed by atoms with van der Waals surface area (Å²) in [4.78, 5) is 22.9. The smallest absolute Gasteiger partial charge is 0.322 e. The Morgan fingerprint density at radius 3 is 2.53 bits per heavy atom. The molecule has 1 atom stereocenters. The van der Waals surface area contributed by atoms with Crippen LogP contribution in [0.25, 0.3) is 0 Å². The van der Waals surface area contributed by atoms with Gasteiger partial charge in [-0.1, -0.05) is 0 Å². The minimum Gasteiger partial charge on any atom is -0.381 e. The van der Waals surface area contributed by atoms with Crippen molar-refractivity contribution >= 4 is 11.9 Å². The Bertz CT molecular complexity index is 288. The number of imide groups is 1. The topological polar surface area (TPSA) is 93.4 Å². The number of hydrogen-bond donors (Lipinski definition) is 3. The summed E-state index contributed by atoms with van der Waals surface area (Å²) in [6, 6.07) is -0.447. The minimum absolute atomic E-state index is 0.0719. The Kier molecular flexibility index (Phi) is 2.62. The summed E-state index contributed by atoms with van der Waals surface area (Å²) in [6.07, 6.45) is 1.51. The van der Waals surface area contributed by atoms with Gasteiger partial charge >= 0.3 is 6.03 Å². The van der Waals surface area contributed by atoms with Crippen LogP contribution in [0.3, 0.4) is 0 Å². The van der Waals surface area contributed by atoms with Crippen molar-refractivity contribution in [1.82, 2.24) is 10.6 Å². The third-order valence-corrected chi connectivity index (χ3v) is 3.21. The Balaban J connectivity index is 2.20. The lowest BCUT2D eigenvalue weighted by Crippen LogP contribution is -2.59. The summed E-state index contributed by atoms with van der Waals surface area (Å²) in [6.45, 7) is 1.38. The molecule has 0 aromatic rings. The molecule has 84 valence electrons. The average Bonchev–Trinajstić information content (AvgIpc) is 2.56. The number of ether oxygens (including phenoxy) is 1. The molecule has 0 aromatic heterocycles. The van der Waals surface area contributed by atoms with Crippen molar-refractivity contribution in [3.8, 4) is 0 Å². The zero-order valence-corrected chi connectivity index (χ0v) is 8.41. The Labute approximate surface area is 87.5 Å². The standard InChI is InChI=1S/C9H15N3O3/c10-5-9(6-1-3-15-4-2-6)7(13)11-8(14)12-9/h6H,1-5,10H2,(H2,11,12,13,14)/t9-/m0/s1. The number of amides is 3. The normalized spacial score (nSPS) is 32.6. The van der Waals surface area contributed by atoms with Crippen molar-refractivity contribution in [3.63, 3.8) is 0 Å². The van der Waals surface area contributed by atoms with Crippen LogP contribution in [-0.2, 0) is 9.53 Å². The van der Waals surface area contributed by atoms with Crippen LogP contribution in [0, 0.1) is 5.92 Å². The van der Waals surface area contributed by atoms with Gasteiger partial charge in [0, 0.05) is 19.8 Å². The molecule has 15 heavy (non-hydrogen) atoms. The Morgan fingerprint density at radius 1 is 1.40 bits per heavy atom. The zero-order chi connectivity index (χ0) is 10.9. The first-order valence-corrected chi connectivity index (χ1v) is 5.10. The number of rotatable bonds is 2. The fourth-order valence-electron chi connectivity index (χ4n) is 2.29. The van der Waals surface area contributed by atoms with E-state index >= 15 is 0 Å². The first-order chi connectivity index (χ1) is 7.19. The number of urea groups is 1. The van der Waals surface area contributed by atoms with Crippen molar-refractivity contribution in [2.45, 2.75) is 18.4 Å². The maximum Gasteiger partial charge on any atom is 0.322 e. The van der Waals surface area contributed by atoms with Gasteiger partial charge < -0.3 is 15.8 Å². The molecule has 0 aliphatic carbocycles.